The minimum Gasteiger partial charge on any atom is -0.324 e. The largest absolute Gasteiger partial charge is 0.324 e. The Hall–Kier alpha value is -3.74. The highest BCUT2D eigenvalue weighted by Crippen LogP contribution is 2.23. The molecule has 4 rings (SSSR count). The molecule has 2 aromatic heterocycles. The maximum atomic E-state index is 13.4. The zero-order valence-electron chi connectivity index (χ0n) is 19.7. The van der Waals surface area contributed by atoms with Crippen LogP contribution in [0.2, 0.25) is 0 Å². The summed E-state index contributed by atoms with van der Waals surface area (Å²) in [6.45, 7) is 9.74. The van der Waals surface area contributed by atoms with Crippen LogP contribution in [-0.4, -0.2) is 25.5 Å². The molecule has 170 valence electrons. The Kier molecular flexibility index (Phi) is 6.14. The highest BCUT2D eigenvalue weighted by Gasteiger charge is 2.25. The Morgan fingerprint density at radius 2 is 1.76 bits per heavy atom. The second-order valence-corrected chi connectivity index (χ2v) is 8.36. The van der Waals surface area contributed by atoms with Crippen LogP contribution in [-0.2, 0) is 11.2 Å². The summed E-state index contributed by atoms with van der Waals surface area (Å²) in [5.74, 6) is -0.270. The van der Waals surface area contributed by atoms with Crippen molar-refractivity contribution in [3.8, 4) is 5.69 Å². The van der Waals surface area contributed by atoms with E-state index in [0.29, 0.717) is 23.3 Å². The first-order valence-corrected chi connectivity index (χ1v) is 11.3. The fourth-order valence-electron chi connectivity index (χ4n) is 4.16. The van der Waals surface area contributed by atoms with E-state index in [0.717, 1.165) is 34.3 Å². The number of nitrogens with one attached hydrogen (secondary N) is 1. The molecule has 0 aliphatic carbocycles. The number of aryl methyl sites for hydroxylation is 4. The summed E-state index contributed by atoms with van der Waals surface area (Å²) in [6, 6.07) is 15.0. The van der Waals surface area contributed by atoms with Crippen LogP contribution in [0.1, 0.15) is 48.8 Å². The molecule has 33 heavy (non-hydrogen) atoms. The number of rotatable bonds is 6. The SMILES string of the molecule is CCc1cccc(NC(=O)C(CC)n2nc(C)c3c(C)n(-c4ccc(C)cc4)nc3c2=O)c1. The molecule has 7 heteroatoms. The van der Waals surface area contributed by atoms with Crippen molar-refractivity contribution in [3.05, 3.63) is 81.4 Å². The maximum absolute atomic E-state index is 13.4. The quantitative estimate of drug-likeness (QED) is 0.470. The van der Waals surface area contributed by atoms with E-state index >= 15 is 0 Å². The van der Waals surface area contributed by atoms with Gasteiger partial charge in [-0.1, -0.05) is 43.7 Å². The summed E-state index contributed by atoms with van der Waals surface area (Å²) < 4.78 is 3.05. The summed E-state index contributed by atoms with van der Waals surface area (Å²) >= 11 is 0. The number of amides is 1. The Labute approximate surface area is 193 Å². The van der Waals surface area contributed by atoms with Crippen LogP contribution < -0.4 is 10.9 Å². The van der Waals surface area contributed by atoms with E-state index in [4.69, 9.17) is 0 Å². The number of benzene rings is 2. The van der Waals surface area contributed by atoms with Crippen LogP contribution in [0.3, 0.4) is 0 Å². The first kappa shape index (κ1) is 22.5. The second kappa shape index (κ2) is 9.02. The van der Waals surface area contributed by atoms with Gasteiger partial charge in [0.05, 0.1) is 22.5 Å². The number of carbonyl (C=O) groups excluding carboxylic acids is 1. The number of hydrogen-bond donors (Lipinski definition) is 1. The number of carbonyl (C=O) groups is 1. The van der Waals surface area contributed by atoms with Crippen LogP contribution in [0.4, 0.5) is 5.69 Å². The van der Waals surface area contributed by atoms with Gasteiger partial charge in [-0.15, -0.1) is 0 Å². The van der Waals surface area contributed by atoms with Gasteiger partial charge in [-0.25, -0.2) is 9.36 Å². The fourth-order valence-corrected chi connectivity index (χ4v) is 4.16. The third-order valence-electron chi connectivity index (χ3n) is 6.01. The van der Waals surface area contributed by atoms with Crippen molar-refractivity contribution in [2.75, 3.05) is 5.32 Å². The number of aromatic nitrogens is 4. The highest BCUT2D eigenvalue weighted by molar-refractivity contribution is 5.94. The Balaban J connectivity index is 1.76. The van der Waals surface area contributed by atoms with Gasteiger partial charge < -0.3 is 5.32 Å². The summed E-state index contributed by atoms with van der Waals surface area (Å²) in [6.07, 6.45) is 1.30. The minimum absolute atomic E-state index is 0.270. The molecule has 0 radical (unpaired) electrons. The van der Waals surface area contributed by atoms with E-state index in [1.807, 2.05) is 76.2 Å². The van der Waals surface area contributed by atoms with Gasteiger partial charge in [-0.05, 0) is 63.4 Å². The molecule has 2 aromatic carbocycles. The molecular weight excluding hydrogens is 414 g/mol. The Morgan fingerprint density at radius 3 is 2.42 bits per heavy atom. The zero-order valence-corrected chi connectivity index (χ0v) is 19.7. The van der Waals surface area contributed by atoms with Gasteiger partial charge in [0.2, 0.25) is 5.91 Å². The summed E-state index contributed by atoms with van der Waals surface area (Å²) in [4.78, 5) is 26.6. The molecule has 2 heterocycles. The molecule has 0 aliphatic heterocycles. The van der Waals surface area contributed by atoms with E-state index in [1.54, 1.807) is 4.68 Å². The van der Waals surface area contributed by atoms with Crippen molar-refractivity contribution in [1.82, 2.24) is 19.6 Å². The van der Waals surface area contributed by atoms with Crippen molar-refractivity contribution in [2.45, 2.75) is 53.5 Å². The molecular formula is C26H29N5O2. The van der Waals surface area contributed by atoms with Gasteiger partial charge in [-0.3, -0.25) is 9.59 Å². The lowest BCUT2D eigenvalue weighted by molar-refractivity contribution is -0.119. The molecule has 1 atom stereocenters. The van der Waals surface area contributed by atoms with Crippen LogP contribution >= 0.6 is 0 Å². The number of hydrogen-bond acceptors (Lipinski definition) is 4. The third-order valence-corrected chi connectivity index (χ3v) is 6.01. The first-order valence-electron chi connectivity index (χ1n) is 11.3. The molecule has 0 saturated carbocycles. The smallest absolute Gasteiger partial charge is 0.295 e. The fraction of sp³-hybridized carbons (Fsp3) is 0.308. The summed E-state index contributed by atoms with van der Waals surface area (Å²) in [5.41, 5.74) is 5.33. The third kappa shape index (κ3) is 4.18. The summed E-state index contributed by atoms with van der Waals surface area (Å²) in [5, 5.41) is 12.8. The Morgan fingerprint density at radius 1 is 1.03 bits per heavy atom. The van der Waals surface area contributed by atoms with E-state index < -0.39 is 6.04 Å². The highest BCUT2D eigenvalue weighted by atomic mass is 16.2. The molecule has 0 spiro atoms. The van der Waals surface area contributed by atoms with Crippen LogP contribution in [0.5, 0.6) is 0 Å². The number of fused-ring (bicyclic) bond motifs is 1. The number of anilines is 1. The maximum Gasteiger partial charge on any atom is 0.295 e. The van der Waals surface area contributed by atoms with Crippen molar-refractivity contribution >= 4 is 22.5 Å². The molecule has 0 aliphatic rings. The predicted octanol–water partition coefficient (Wildman–Crippen LogP) is 4.66. The zero-order chi connectivity index (χ0) is 23.7. The topological polar surface area (TPSA) is 81.8 Å². The van der Waals surface area contributed by atoms with E-state index in [2.05, 4.69) is 22.4 Å². The average molecular weight is 444 g/mol. The molecule has 1 amide bonds. The molecule has 1 unspecified atom stereocenters. The van der Waals surface area contributed by atoms with Gasteiger partial charge in [0.25, 0.3) is 5.56 Å². The van der Waals surface area contributed by atoms with Gasteiger partial charge >= 0.3 is 0 Å². The van der Waals surface area contributed by atoms with Gasteiger partial charge in [0.15, 0.2) is 5.52 Å². The lowest BCUT2D eigenvalue weighted by Gasteiger charge is -2.17. The summed E-state index contributed by atoms with van der Waals surface area (Å²) in [7, 11) is 0. The van der Waals surface area contributed by atoms with Crippen molar-refractivity contribution in [3.63, 3.8) is 0 Å². The van der Waals surface area contributed by atoms with E-state index in [1.165, 1.54) is 4.68 Å². The van der Waals surface area contributed by atoms with Gasteiger partial charge in [0, 0.05) is 5.69 Å². The standard InChI is InChI=1S/C26H29N5O2/c1-6-19-9-8-10-20(15-19)27-25(32)22(7-2)31-26(33)24-23(17(4)28-31)18(5)30(29-24)21-13-11-16(3)12-14-21/h8-15,22H,6-7H2,1-5H3,(H,27,32). The molecule has 0 fully saturated rings. The van der Waals surface area contributed by atoms with Crippen molar-refractivity contribution in [2.24, 2.45) is 0 Å². The molecule has 7 nitrogen and oxygen atoms in total. The second-order valence-electron chi connectivity index (χ2n) is 8.36. The normalized spacial score (nSPS) is 12.2. The van der Waals surface area contributed by atoms with E-state index in [9.17, 15) is 9.59 Å². The lowest BCUT2D eigenvalue weighted by atomic mass is 10.1. The van der Waals surface area contributed by atoms with Crippen molar-refractivity contribution in [1.29, 1.82) is 0 Å². The average Bonchev–Trinajstić information content (AvgIpc) is 3.16. The van der Waals surface area contributed by atoms with Crippen LogP contribution in [0, 0.1) is 20.8 Å². The number of nitrogens with zero attached hydrogens (tertiary/aromatic N) is 4. The monoisotopic (exact) mass is 443 g/mol. The lowest BCUT2D eigenvalue weighted by Crippen LogP contribution is -2.35. The van der Waals surface area contributed by atoms with Gasteiger partial charge in [-0.2, -0.15) is 10.2 Å². The van der Waals surface area contributed by atoms with Crippen molar-refractivity contribution < 1.29 is 4.79 Å². The predicted molar refractivity (Wildman–Crippen MR) is 131 cm³/mol. The Bertz CT molecular complexity index is 1380. The van der Waals surface area contributed by atoms with E-state index in [-0.39, 0.29) is 11.5 Å². The first-order chi connectivity index (χ1) is 15.8. The van der Waals surface area contributed by atoms with Crippen LogP contribution in [0.25, 0.3) is 16.6 Å². The van der Waals surface area contributed by atoms with Crippen LogP contribution in [0.15, 0.2) is 53.3 Å². The van der Waals surface area contributed by atoms with Gasteiger partial charge in [0.1, 0.15) is 6.04 Å². The molecule has 0 saturated heterocycles. The molecule has 1 N–H and O–H groups in total. The molecule has 4 aromatic rings. The molecule has 0 bridgehead atoms. The minimum atomic E-state index is -0.740.